The van der Waals surface area contributed by atoms with Gasteiger partial charge in [0.25, 0.3) is 5.56 Å². The monoisotopic (exact) mass is 432 g/mol. The number of nitrogens with zero attached hydrogens (tertiary/aromatic N) is 6. The maximum Gasteiger partial charge on any atom is 0.269 e. The van der Waals surface area contributed by atoms with Gasteiger partial charge in [-0.3, -0.25) is 4.79 Å². The molecule has 30 heavy (non-hydrogen) atoms. The number of halogens is 2. The summed E-state index contributed by atoms with van der Waals surface area (Å²) in [7, 11) is 1.69. The normalized spacial score (nSPS) is 14.2. The van der Waals surface area contributed by atoms with Crippen LogP contribution in [0.2, 0.25) is 5.02 Å². The van der Waals surface area contributed by atoms with Crippen molar-refractivity contribution < 1.29 is 9.13 Å². The molecule has 10 heteroatoms. The van der Waals surface area contributed by atoms with E-state index in [1.807, 2.05) is 0 Å². The molecule has 2 aromatic heterocycles. The number of hydrogen-bond donors (Lipinski definition) is 0. The van der Waals surface area contributed by atoms with Gasteiger partial charge in [0.1, 0.15) is 11.5 Å². The lowest BCUT2D eigenvalue weighted by molar-refractivity contribution is 0.0347. The lowest BCUT2D eigenvalue weighted by Crippen LogP contribution is -2.52. The Labute approximate surface area is 177 Å². The summed E-state index contributed by atoms with van der Waals surface area (Å²) in [6, 6.07) is 5.90. The Kier molecular flexibility index (Phi) is 5.83. The number of rotatable bonds is 7. The molecule has 0 aliphatic carbocycles. The molecule has 0 saturated carbocycles. The third kappa shape index (κ3) is 4.08. The van der Waals surface area contributed by atoms with E-state index in [4.69, 9.17) is 16.3 Å². The minimum absolute atomic E-state index is 0.113. The summed E-state index contributed by atoms with van der Waals surface area (Å²) in [5.41, 5.74) is 1.69. The van der Waals surface area contributed by atoms with Crippen molar-refractivity contribution >= 4 is 17.3 Å². The molecule has 0 bridgehead atoms. The van der Waals surface area contributed by atoms with Gasteiger partial charge in [-0.1, -0.05) is 23.7 Å². The first-order chi connectivity index (χ1) is 14.5. The Bertz CT molecular complexity index is 1110. The number of ether oxygens (including phenoxy) is 1. The topological polar surface area (TPSA) is 78.1 Å². The minimum atomic E-state index is -0.502. The predicted molar refractivity (Wildman–Crippen MR) is 111 cm³/mol. The summed E-state index contributed by atoms with van der Waals surface area (Å²) in [6.07, 6.45) is 2.84. The zero-order valence-corrected chi connectivity index (χ0v) is 17.5. The van der Waals surface area contributed by atoms with E-state index in [1.165, 1.54) is 15.4 Å². The van der Waals surface area contributed by atoms with Crippen molar-refractivity contribution in [3.63, 3.8) is 0 Å². The Morgan fingerprint density at radius 3 is 2.80 bits per heavy atom. The van der Waals surface area contributed by atoms with E-state index in [-0.39, 0.29) is 23.8 Å². The van der Waals surface area contributed by atoms with Gasteiger partial charge in [0.05, 0.1) is 30.2 Å². The number of anilines is 1. The summed E-state index contributed by atoms with van der Waals surface area (Å²) >= 11 is 5.84. The van der Waals surface area contributed by atoms with Crippen molar-refractivity contribution in [3.05, 3.63) is 57.3 Å². The van der Waals surface area contributed by atoms with Crippen molar-refractivity contribution in [3.8, 4) is 11.3 Å². The van der Waals surface area contributed by atoms with E-state index in [0.29, 0.717) is 16.4 Å². The third-order valence-corrected chi connectivity index (χ3v) is 5.29. The Balaban J connectivity index is 1.53. The zero-order valence-electron chi connectivity index (χ0n) is 16.8. The largest absolute Gasteiger partial charge is 0.375 e. The van der Waals surface area contributed by atoms with Crippen LogP contribution < -0.4 is 10.5 Å². The fourth-order valence-electron chi connectivity index (χ4n) is 3.34. The van der Waals surface area contributed by atoms with E-state index in [1.54, 1.807) is 31.4 Å². The maximum atomic E-state index is 14.4. The molecule has 1 aliphatic heterocycles. The highest BCUT2D eigenvalue weighted by molar-refractivity contribution is 6.30. The van der Waals surface area contributed by atoms with Crippen molar-refractivity contribution in [1.29, 1.82) is 0 Å². The molecule has 0 unspecified atom stereocenters. The quantitative estimate of drug-likeness (QED) is 0.571. The molecule has 3 heterocycles. The number of aryl methyl sites for hydroxylation is 1. The highest BCUT2D eigenvalue weighted by Gasteiger charge is 2.28. The first-order valence-corrected chi connectivity index (χ1v) is 10.1. The van der Waals surface area contributed by atoms with E-state index in [0.717, 1.165) is 31.8 Å². The number of hydrogen-bond acceptors (Lipinski definition) is 6. The number of benzene rings is 1. The summed E-state index contributed by atoms with van der Waals surface area (Å²) in [4.78, 5) is 14.7. The van der Waals surface area contributed by atoms with Crippen LogP contribution in [-0.4, -0.2) is 50.6 Å². The lowest BCUT2D eigenvalue weighted by atomic mass is 10.1. The Hall–Kier alpha value is -2.78. The molecule has 8 nitrogen and oxygen atoms in total. The molecule has 0 amide bonds. The first kappa shape index (κ1) is 20.5. The van der Waals surface area contributed by atoms with Crippen molar-refractivity contribution in [1.82, 2.24) is 24.8 Å². The van der Waals surface area contributed by atoms with Gasteiger partial charge in [-0.05, 0) is 24.6 Å². The van der Waals surface area contributed by atoms with Gasteiger partial charge < -0.3 is 9.64 Å². The van der Waals surface area contributed by atoms with Crippen LogP contribution in [0.15, 0.2) is 35.3 Å². The number of aromatic nitrogens is 5. The van der Waals surface area contributed by atoms with E-state index in [2.05, 4.69) is 27.2 Å². The molecule has 3 aromatic rings. The summed E-state index contributed by atoms with van der Waals surface area (Å²) in [5.74, 6) is -0.502. The molecular formula is C20H22ClFN6O2. The average molecular weight is 433 g/mol. The van der Waals surface area contributed by atoms with Crippen LogP contribution in [0.25, 0.3) is 11.3 Å². The molecule has 1 aliphatic rings. The van der Waals surface area contributed by atoms with Gasteiger partial charge in [0.2, 0.25) is 0 Å². The lowest BCUT2D eigenvalue weighted by Gasteiger charge is -2.40. The molecule has 0 radical (unpaired) electrons. The van der Waals surface area contributed by atoms with Crippen molar-refractivity contribution in [2.24, 2.45) is 7.05 Å². The molecule has 0 spiro atoms. The van der Waals surface area contributed by atoms with E-state index in [9.17, 15) is 9.18 Å². The van der Waals surface area contributed by atoms with Crippen molar-refractivity contribution in [2.75, 3.05) is 24.6 Å². The molecule has 4 rings (SSSR count). The average Bonchev–Trinajstić information content (AvgIpc) is 3.03. The van der Waals surface area contributed by atoms with Gasteiger partial charge in [-0.2, -0.15) is 5.10 Å². The fraction of sp³-hybridized carbons (Fsp3) is 0.400. The summed E-state index contributed by atoms with van der Waals surface area (Å²) in [5, 5.41) is 12.6. The maximum absolute atomic E-state index is 14.4. The Morgan fingerprint density at radius 2 is 2.10 bits per heavy atom. The molecular weight excluding hydrogens is 411 g/mol. The smallest absolute Gasteiger partial charge is 0.269 e. The van der Waals surface area contributed by atoms with Crippen LogP contribution in [0.1, 0.15) is 19.0 Å². The second-order valence-electron chi connectivity index (χ2n) is 7.24. The molecule has 0 atom stereocenters. The Morgan fingerprint density at radius 1 is 1.30 bits per heavy atom. The standard InChI is InChI=1S/C20H22ClFN6O2/c1-3-6-30-15-10-27(11-15)14-8-19(29)28(23-9-14)12-18-20(24-25-26(18)2)16-5-4-13(21)7-17(16)22/h4-5,7-9,15H,3,6,10-12H2,1-2H3. The first-order valence-electron chi connectivity index (χ1n) is 9.74. The van der Waals surface area contributed by atoms with Crippen LogP contribution in [0.4, 0.5) is 10.1 Å². The second kappa shape index (κ2) is 8.53. The predicted octanol–water partition coefficient (Wildman–Crippen LogP) is 2.49. The van der Waals surface area contributed by atoms with Crippen molar-refractivity contribution in [2.45, 2.75) is 26.0 Å². The molecule has 1 fully saturated rings. The van der Waals surface area contributed by atoms with E-state index < -0.39 is 5.82 Å². The highest BCUT2D eigenvalue weighted by Crippen LogP contribution is 2.27. The highest BCUT2D eigenvalue weighted by atomic mass is 35.5. The van der Waals surface area contributed by atoms with Crippen LogP contribution in [0, 0.1) is 5.82 Å². The molecule has 1 saturated heterocycles. The van der Waals surface area contributed by atoms with Crippen LogP contribution in [0.3, 0.4) is 0 Å². The van der Waals surface area contributed by atoms with Crippen LogP contribution in [-0.2, 0) is 18.3 Å². The van der Waals surface area contributed by atoms with Gasteiger partial charge in [0.15, 0.2) is 0 Å². The van der Waals surface area contributed by atoms with Crippen LogP contribution >= 0.6 is 11.6 Å². The third-order valence-electron chi connectivity index (χ3n) is 5.05. The van der Waals surface area contributed by atoms with Gasteiger partial charge in [-0.15, -0.1) is 5.10 Å². The minimum Gasteiger partial charge on any atom is -0.375 e. The summed E-state index contributed by atoms with van der Waals surface area (Å²) < 4.78 is 22.9. The van der Waals surface area contributed by atoms with E-state index >= 15 is 0 Å². The SMILES string of the molecule is CCCOC1CN(c2cnn(Cc3c(-c4ccc(Cl)cc4F)nnn3C)c(=O)c2)C1. The fourth-order valence-corrected chi connectivity index (χ4v) is 3.50. The second-order valence-corrected chi connectivity index (χ2v) is 7.68. The molecule has 1 aromatic carbocycles. The van der Waals surface area contributed by atoms with Gasteiger partial charge in [0, 0.05) is 43.4 Å². The summed E-state index contributed by atoms with van der Waals surface area (Å²) in [6.45, 7) is 4.42. The zero-order chi connectivity index (χ0) is 21.3. The van der Waals surface area contributed by atoms with Gasteiger partial charge in [-0.25, -0.2) is 13.8 Å². The molecule has 0 N–H and O–H groups in total. The molecule has 158 valence electrons. The van der Waals surface area contributed by atoms with Crippen LogP contribution in [0.5, 0.6) is 0 Å². The van der Waals surface area contributed by atoms with Gasteiger partial charge >= 0.3 is 0 Å².